The summed E-state index contributed by atoms with van der Waals surface area (Å²) >= 11 is 1.47. The molecule has 0 aliphatic rings. The summed E-state index contributed by atoms with van der Waals surface area (Å²) < 4.78 is 7.05. The third-order valence-electron chi connectivity index (χ3n) is 3.58. The quantitative estimate of drug-likeness (QED) is 0.682. The van der Waals surface area contributed by atoms with Gasteiger partial charge in [-0.1, -0.05) is 30.0 Å². The zero-order valence-corrected chi connectivity index (χ0v) is 14.7. The predicted molar refractivity (Wildman–Crippen MR) is 95.0 cm³/mol. The molecule has 0 saturated carbocycles. The lowest BCUT2D eigenvalue weighted by Crippen LogP contribution is -2.10. The van der Waals surface area contributed by atoms with Gasteiger partial charge in [0, 0.05) is 11.3 Å². The number of aryl methyl sites for hydroxylation is 1. The van der Waals surface area contributed by atoms with Crippen LogP contribution < -0.4 is 10.5 Å². The molecule has 3 aromatic rings. The third kappa shape index (κ3) is 3.80. The largest absolute Gasteiger partial charge is 0.494 e. The van der Waals surface area contributed by atoms with Gasteiger partial charge in [-0.15, -0.1) is 5.10 Å². The second kappa shape index (κ2) is 7.35. The first kappa shape index (κ1) is 17.0. The van der Waals surface area contributed by atoms with Crippen LogP contribution in [-0.4, -0.2) is 33.2 Å². The highest BCUT2D eigenvalue weighted by Crippen LogP contribution is 2.28. The maximum absolute atomic E-state index is 11.3. The zero-order chi connectivity index (χ0) is 17.8. The molecule has 0 atom stereocenters. The second-order valence-corrected chi connectivity index (χ2v) is 6.34. The first-order chi connectivity index (χ1) is 12.1. The number of rotatable bonds is 6. The Morgan fingerprint density at radius 1 is 1.28 bits per heavy atom. The Balaban J connectivity index is 1.85. The molecule has 0 fully saturated rings. The number of nitrogens with zero attached hydrogens (tertiary/aromatic N) is 4. The van der Waals surface area contributed by atoms with Crippen molar-refractivity contribution in [2.24, 2.45) is 5.73 Å². The molecule has 8 heteroatoms. The SMILES string of the molecule is COc1ccc(C)cc1-n1nnnc1SCc1cccc(C(N)=O)c1. The van der Waals surface area contributed by atoms with E-state index >= 15 is 0 Å². The number of ether oxygens (including phenoxy) is 1. The van der Waals surface area contributed by atoms with Gasteiger partial charge in [0.1, 0.15) is 11.4 Å². The fraction of sp³-hybridized carbons (Fsp3) is 0.176. The van der Waals surface area contributed by atoms with E-state index in [1.54, 1.807) is 23.9 Å². The molecule has 0 bridgehead atoms. The average molecular weight is 355 g/mol. The van der Waals surface area contributed by atoms with E-state index in [1.807, 2.05) is 37.3 Å². The number of hydrogen-bond acceptors (Lipinski definition) is 6. The van der Waals surface area contributed by atoms with E-state index in [4.69, 9.17) is 10.5 Å². The standard InChI is InChI=1S/C17H17N5O2S/c1-11-6-7-15(24-2)14(8-11)22-17(19-20-21-22)25-10-12-4-3-5-13(9-12)16(18)23/h3-9H,10H2,1-2H3,(H2,18,23). The Bertz CT molecular complexity index is 910. The highest BCUT2D eigenvalue weighted by Gasteiger charge is 2.14. The molecule has 3 rings (SSSR count). The summed E-state index contributed by atoms with van der Waals surface area (Å²) in [7, 11) is 1.61. The normalized spacial score (nSPS) is 10.6. The summed E-state index contributed by atoms with van der Waals surface area (Å²) in [6, 6.07) is 13.0. The van der Waals surface area contributed by atoms with Crippen molar-refractivity contribution in [1.29, 1.82) is 0 Å². The van der Waals surface area contributed by atoms with Crippen molar-refractivity contribution in [1.82, 2.24) is 20.2 Å². The predicted octanol–water partition coefficient (Wildman–Crippen LogP) is 2.37. The van der Waals surface area contributed by atoms with Crippen molar-refractivity contribution in [3.8, 4) is 11.4 Å². The second-order valence-electron chi connectivity index (χ2n) is 5.40. The molecule has 1 heterocycles. The van der Waals surface area contributed by atoms with Gasteiger partial charge in [0.05, 0.1) is 7.11 Å². The number of hydrogen-bond donors (Lipinski definition) is 1. The van der Waals surface area contributed by atoms with Gasteiger partial charge in [0.2, 0.25) is 11.1 Å². The molecule has 25 heavy (non-hydrogen) atoms. The number of nitrogens with two attached hydrogens (primary N) is 1. The Kier molecular flexibility index (Phi) is 4.99. The molecule has 0 aliphatic carbocycles. The summed E-state index contributed by atoms with van der Waals surface area (Å²) in [6.07, 6.45) is 0. The van der Waals surface area contributed by atoms with Crippen LogP contribution >= 0.6 is 11.8 Å². The molecule has 7 nitrogen and oxygen atoms in total. The fourth-order valence-electron chi connectivity index (χ4n) is 2.35. The van der Waals surface area contributed by atoms with Gasteiger partial charge in [0.15, 0.2) is 0 Å². The van der Waals surface area contributed by atoms with Crippen LogP contribution in [0, 0.1) is 6.92 Å². The van der Waals surface area contributed by atoms with Gasteiger partial charge in [-0.2, -0.15) is 4.68 Å². The van der Waals surface area contributed by atoms with Gasteiger partial charge in [-0.3, -0.25) is 4.79 Å². The third-order valence-corrected chi connectivity index (χ3v) is 4.57. The van der Waals surface area contributed by atoms with E-state index < -0.39 is 5.91 Å². The minimum absolute atomic E-state index is 0.443. The molecule has 2 N–H and O–H groups in total. The number of carbonyl (C=O) groups excluding carboxylic acids is 1. The molecule has 0 spiro atoms. The summed E-state index contributed by atoms with van der Waals surface area (Å²) in [5, 5.41) is 12.6. The van der Waals surface area contributed by atoms with Crippen molar-refractivity contribution < 1.29 is 9.53 Å². The smallest absolute Gasteiger partial charge is 0.248 e. The fourth-order valence-corrected chi connectivity index (χ4v) is 3.17. The van der Waals surface area contributed by atoms with E-state index in [0.29, 0.717) is 22.2 Å². The molecule has 0 radical (unpaired) electrons. The van der Waals surface area contributed by atoms with Crippen LogP contribution in [0.1, 0.15) is 21.5 Å². The van der Waals surface area contributed by atoms with Crippen LogP contribution in [0.5, 0.6) is 5.75 Å². The first-order valence-electron chi connectivity index (χ1n) is 7.53. The van der Waals surface area contributed by atoms with Gasteiger partial charge in [0.25, 0.3) is 0 Å². The molecule has 0 saturated heterocycles. The zero-order valence-electron chi connectivity index (χ0n) is 13.8. The minimum atomic E-state index is -0.443. The highest BCUT2D eigenvalue weighted by molar-refractivity contribution is 7.98. The van der Waals surface area contributed by atoms with Crippen LogP contribution in [-0.2, 0) is 5.75 Å². The summed E-state index contributed by atoms with van der Waals surface area (Å²) in [6.45, 7) is 2.00. The Morgan fingerprint density at radius 3 is 2.88 bits per heavy atom. The highest BCUT2D eigenvalue weighted by atomic mass is 32.2. The molecule has 128 valence electrons. The maximum Gasteiger partial charge on any atom is 0.248 e. The number of aromatic nitrogens is 4. The van der Waals surface area contributed by atoms with E-state index in [2.05, 4.69) is 15.5 Å². The Morgan fingerprint density at radius 2 is 2.12 bits per heavy atom. The summed E-state index contributed by atoms with van der Waals surface area (Å²) in [5.41, 5.74) is 8.63. The molecule has 1 aromatic heterocycles. The number of amides is 1. The monoisotopic (exact) mass is 355 g/mol. The summed E-state index contributed by atoms with van der Waals surface area (Å²) in [4.78, 5) is 11.3. The van der Waals surface area contributed by atoms with Gasteiger partial charge in [-0.25, -0.2) is 0 Å². The molecule has 0 aliphatic heterocycles. The van der Waals surface area contributed by atoms with Crippen LogP contribution in [0.3, 0.4) is 0 Å². The minimum Gasteiger partial charge on any atom is -0.494 e. The topological polar surface area (TPSA) is 95.9 Å². The molecule has 0 unspecified atom stereocenters. The molecular formula is C17H17N5O2S. The summed E-state index contributed by atoms with van der Waals surface area (Å²) in [5.74, 6) is 0.854. The Hall–Kier alpha value is -2.87. The molecule has 1 amide bonds. The van der Waals surface area contributed by atoms with E-state index in [0.717, 1.165) is 16.8 Å². The number of primary amides is 1. The van der Waals surface area contributed by atoms with Crippen molar-refractivity contribution in [3.63, 3.8) is 0 Å². The van der Waals surface area contributed by atoms with Crippen LogP contribution in [0.15, 0.2) is 47.6 Å². The van der Waals surface area contributed by atoms with Gasteiger partial charge in [-0.05, 0) is 52.7 Å². The first-order valence-corrected chi connectivity index (χ1v) is 8.52. The van der Waals surface area contributed by atoms with Crippen LogP contribution in [0.4, 0.5) is 0 Å². The lowest BCUT2D eigenvalue weighted by molar-refractivity contribution is 0.1000. The van der Waals surface area contributed by atoms with Gasteiger partial charge < -0.3 is 10.5 Å². The lowest BCUT2D eigenvalue weighted by atomic mass is 10.1. The van der Waals surface area contributed by atoms with Crippen LogP contribution in [0.25, 0.3) is 5.69 Å². The molecule has 2 aromatic carbocycles. The maximum atomic E-state index is 11.3. The van der Waals surface area contributed by atoms with Gasteiger partial charge >= 0.3 is 0 Å². The number of thioether (sulfide) groups is 1. The average Bonchev–Trinajstić information content (AvgIpc) is 3.08. The van der Waals surface area contributed by atoms with Crippen molar-refractivity contribution in [2.75, 3.05) is 7.11 Å². The van der Waals surface area contributed by atoms with E-state index in [9.17, 15) is 4.79 Å². The number of tetrazole rings is 1. The number of methoxy groups -OCH3 is 1. The van der Waals surface area contributed by atoms with Crippen molar-refractivity contribution in [3.05, 3.63) is 59.2 Å². The number of benzene rings is 2. The van der Waals surface area contributed by atoms with Crippen molar-refractivity contribution >= 4 is 17.7 Å². The number of carbonyl (C=O) groups is 1. The van der Waals surface area contributed by atoms with E-state index in [1.165, 1.54) is 11.8 Å². The lowest BCUT2D eigenvalue weighted by Gasteiger charge is -2.10. The van der Waals surface area contributed by atoms with E-state index in [-0.39, 0.29) is 0 Å². The van der Waals surface area contributed by atoms with Crippen LogP contribution in [0.2, 0.25) is 0 Å². The Labute approximate surface area is 149 Å². The molecular weight excluding hydrogens is 338 g/mol. The van der Waals surface area contributed by atoms with Crippen molar-refractivity contribution in [2.45, 2.75) is 17.8 Å².